The summed E-state index contributed by atoms with van der Waals surface area (Å²) in [5, 5.41) is 0.618. The van der Waals surface area contributed by atoms with E-state index in [1.807, 2.05) is 6.07 Å². The van der Waals surface area contributed by atoms with E-state index in [0.29, 0.717) is 5.02 Å². The molecule has 3 heterocycles. The predicted molar refractivity (Wildman–Crippen MR) is 110 cm³/mol. The summed E-state index contributed by atoms with van der Waals surface area (Å²) in [4.78, 5) is 32.2. The van der Waals surface area contributed by atoms with Gasteiger partial charge in [-0.25, -0.2) is 4.39 Å². The minimum Gasteiger partial charge on any atom is -0.450 e. The second-order valence-corrected chi connectivity index (χ2v) is 7.47. The third kappa shape index (κ3) is 2.88. The molecular weight excluding hydrogens is 407 g/mol. The first-order chi connectivity index (χ1) is 14.5. The molecule has 1 amide bonds. The van der Waals surface area contributed by atoms with Crippen molar-refractivity contribution in [1.29, 1.82) is 0 Å². The van der Waals surface area contributed by atoms with E-state index in [1.165, 1.54) is 17.0 Å². The van der Waals surface area contributed by atoms with Crippen molar-refractivity contribution in [2.75, 3.05) is 0 Å². The van der Waals surface area contributed by atoms with Gasteiger partial charge in [0, 0.05) is 29.5 Å². The van der Waals surface area contributed by atoms with Crippen molar-refractivity contribution in [2.45, 2.75) is 12.6 Å². The Kier molecular flexibility index (Phi) is 4.37. The largest absolute Gasteiger partial charge is 0.450 e. The molecule has 0 bridgehead atoms. The zero-order chi connectivity index (χ0) is 20.8. The second kappa shape index (κ2) is 7.07. The van der Waals surface area contributed by atoms with Gasteiger partial charge in [0.25, 0.3) is 5.91 Å². The first kappa shape index (κ1) is 18.5. The average molecular weight is 421 g/mol. The fourth-order valence-corrected chi connectivity index (χ4v) is 4.04. The van der Waals surface area contributed by atoms with E-state index in [-0.39, 0.29) is 34.4 Å². The molecular formula is C23H14ClFN2O3. The second-order valence-electron chi connectivity index (χ2n) is 7.03. The predicted octanol–water partition coefficient (Wildman–Crippen LogP) is 4.73. The third-order valence-electron chi connectivity index (χ3n) is 5.20. The summed E-state index contributed by atoms with van der Waals surface area (Å²) < 4.78 is 20.6. The van der Waals surface area contributed by atoms with Gasteiger partial charge in [-0.1, -0.05) is 35.9 Å². The molecule has 1 aliphatic rings. The SMILES string of the molecule is O=C1c2oc3ccc(Cl)cc3c(=O)c2C(c2ccccc2F)N1Cc1cccnc1. The van der Waals surface area contributed by atoms with E-state index in [0.717, 1.165) is 5.56 Å². The number of pyridine rings is 1. The summed E-state index contributed by atoms with van der Waals surface area (Å²) in [7, 11) is 0. The van der Waals surface area contributed by atoms with Crippen LogP contribution in [0, 0.1) is 5.82 Å². The highest BCUT2D eigenvalue weighted by Crippen LogP contribution is 2.40. The lowest BCUT2D eigenvalue weighted by Crippen LogP contribution is -2.29. The number of amides is 1. The van der Waals surface area contributed by atoms with Crippen molar-refractivity contribution in [3.63, 3.8) is 0 Å². The van der Waals surface area contributed by atoms with Crippen LogP contribution in [0.1, 0.15) is 33.3 Å². The highest BCUT2D eigenvalue weighted by Gasteiger charge is 2.43. The number of benzene rings is 2. The first-order valence-corrected chi connectivity index (χ1v) is 9.63. The van der Waals surface area contributed by atoms with Crippen molar-refractivity contribution in [1.82, 2.24) is 9.88 Å². The van der Waals surface area contributed by atoms with Gasteiger partial charge in [-0.15, -0.1) is 0 Å². The van der Waals surface area contributed by atoms with E-state index >= 15 is 0 Å². The van der Waals surface area contributed by atoms with E-state index < -0.39 is 23.2 Å². The highest BCUT2D eigenvalue weighted by molar-refractivity contribution is 6.31. The van der Waals surface area contributed by atoms with Crippen LogP contribution in [0.3, 0.4) is 0 Å². The molecule has 5 rings (SSSR count). The number of carbonyl (C=O) groups excluding carboxylic acids is 1. The molecule has 30 heavy (non-hydrogen) atoms. The van der Waals surface area contributed by atoms with Crippen LogP contribution in [-0.2, 0) is 6.54 Å². The Balaban J connectivity index is 1.77. The molecule has 0 saturated heterocycles. The van der Waals surface area contributed by atoms with Gasteiger partial charge in [0.05, 0.1) is 17.0 Å². The molecule has 7 heteroatoms. The van der Waals surface area contributed by atoms with Crippen LogP contribution in [0.4, 0.5) is 4.39 Å². The van der Waals surface area contributed by atoms with Crippen LogP contribution in [0.15, 0.2) is 76.2 Å². The minimum atomic E-state index is -0.923. The molecule has 0 spiro atoms. The van der Waals surface area contributed by atoms with E-state index in [4.69, 9.17) is 16.0 Å². The Morgan fingerprint density at radius 3 is 2.70 bits per heavy atom. The Labute approximate surface area is 175 Å². The molecule has 2 aromatic heterocycles. The average Bonchev–Trinajstić information content (AvgIpc) is 3.02. The Morgan fingerprint density at radius 1 is 1.10 bits per heavy atom. The smallest absolute Gasteiger partial charge is 0.291 e. The normalized spacial score (nSPS) is 15.6. The number of hydrogen-bond donors (Lipinski definition) is 0. The fourth-order valence-electron chi connectivity index (χ4n) is 3.86. The summed E-state index contributed by atoms with van der Waals surface area (Å²) in [6.45, 7) is 0.145. The minimum absolute atomic E-state index is 0.0769. The van der Waals surface area contributed by atoms with Crippen LogP contribution >= 0.6 is 11.6 Å². The Hall–Kier alpha value is -3.51. The molecule has 148 valence electrons. The number of halogens is 2. The van der Waals surface area contributed by atoms with E-state index in [2.05, 4.69) is 4.98 Å². The van der Waals surface area contributed by atoms with Crippen LogP contribution in [0.25, 0.3) is 11.0 Å². The highest BCUT2D eigenvalue weighted by atomic mass is 35.5. The van der Waals surface area contributed by atoms with E-state index in [9.17, 15) is 14.0 Å². The van der Waals surface area contributed by atoms with Gasteiger partial charge in [0.15, 0.2) is 5.43 Å². The lowest BCUT2D eigenvalue weighted by atomic mass is 9.98. The molecule has 0 saturated carbocycles. The molecule has 5 nitrogen and oxygen atoms in total. The van der Waals surface area contributed by atoms with Gasteiger partial charge in [-0.2, -0.15) is 0 Å². The molecule has 0 N–H and O–H groups in total. The zero-order valence-electron chi connectivity index (χ0n) is 15.5. The molecule has 1 unspecified atom stereocenters. The maximum atomic E-state index is 14.8. The number of rotatable bonds is 3. The van der Waals surface area contributed by atoms with Gasteiger partial charge in [0.1, 0.15) is 11.4 Å². The Morgan fingerprint density at radius 2 is 1.93 bits per heavy atom. The number of carbonyl (C=O) groups is 1. The number of nitrogens with zero attached hydrogens (tertiary/aromatic N) is 2. The lowest BCUT2D eigenvalue weighted by Gasteiger charge is -2.25. The first-order valence-electron chi connectivity index (χ1n) is 9.25. The van der Waals surface area contributed by atoms with Crippen LogP contribution in [0.2, 0.25) is 5.02 Å². The molecule has 1 aliphatic heterocycles. The quantitative estimate of drug-likeness (QED) is 0.481. The number of hydrogen-bond acceptors (Lipinski definition) is 4. The van der Waals surface area contributed by atoms with Gasteiger partial charge in [0.2, 0.25) is 5.76 Å². The molecule has 0 aliphatic carbocycles. The summed E-state index contributed by atoms with van der Waals surface area (Å²) in [6.07, 6.45) is 3.25. The van der Waals surface area contributed by atoms with Crippen LogP contribution < -0.4 is 5.43 Å². The lowest BCUT2D eigenvalue weighted by molar-refractivity contribution is 0.0712. The maximum Gasteiger partial charge on any atom is 0.291 e. The van der Waals surface area contributed by atoms with Crippen molar-refractivity contribution in [3.8, 4) is 0 Å². The number of aromatic nitrogens is 1. The van der Waals surface area contributed by atoms with E-state index in [1.54, 1.807) is 48.8 Å². The summed E-state index contributed by atoms with van der Waals surface area (Å²) >= 11 is 6.06. The van der Waals surface area contributed by atoms with Gasteiger partial charge < -0.3 is 9.32 Å². The van der Waals surface area contributed by atoms with Gasteiger partial charge in [-0.05, 0) is 35.9 Å². The molecule has 2 aromatic carbocycles. The summed E-state index contributed by atoms with van der Waals surface area (Å²) in [6, 6.07) is 13.4. The van der Waals surface area contributed by atoms with Crippen molar-refractivity contribution < 1.29 is 13.6 Å². The monoisotopic (exact) mass is 420 g/mol. The maximum absolute atomic E-state index is 14.8. The van der Waals surface area contributed by atoms with Crippen molar-refractivity contribution in [2.24, 2.45) is 0 Å². The Bertz CT molecular complexity index is 1350. The topological polar surface area (TPSA) is 63.4 Å². The van der Waals surface area contributed by atoms with Crippen LogP contribution in [0.5, 0.6) is 0 Å². The number of fused-ring (bicyclic) bond motifs is 2. The third-order valence-corrected chi connectivity index (χ3v) is 5.44. The molecule has 0 fully saturated rings. The molecule has 1 atom stereocenters. The molecule has 0 radical (unpaired) electrons. The van der Waals surface area contributed by atoms with Crippen molar-refractivity contribution in [3.05, 3.63) is 111 Å². The molecule has 4 aromatic rings. The summed E-state index contributed by atoms with van der Waals surface area (Å²) in [5.74, 6) is -1.06. The van der Waals surface area contributed by atoms with Crippen molar-refractivity contribution >= 4 is 28.5 Å². The fraction of sp³-hybridized carbons (Fsp3) is 0.0870. The van der Waals surface area contributed by atoms with Gasteiger partial charge >= 0.3 is 0 Å². The van der Waals surface area contributed by atoms with Gasteiger partial charge in [-0.3, -0.25) is 14.6 Å². The van der Waals surface area contributed by atoms with Crippen LogP contribution in [-0.4, -0.2) is 15.8 Å². The summed E-state index contributed by atoms with van der Waals surface area (Å²) in [5.41, 5.74) is 0.946. The zero-order valence-corrected chi connectivity index (χ0v) is 16.3. The standard InChI is InChI=1S/C23H14ClFN2O3/c24-14-7-8-18-16(10-14)21(28)19-20(15-5-1-2-6-17(15)25)27(23(29)22(19)30-18)12-13-4-3-9-26-11-13/h1-11,20H,12H2.